The molecule has 1 rings (SSSR count). The molecule has 3 heteroatoms. The Balaban J connectivity index is 3.21. The van der Waals surface area contributed by atoms with E-state index in [1.807, 2.05) is 12.3 Å². The topological polar surface area (TPSA) is 33.1 Å². The molecule has 84 valence electrons. The number of hydrogen-bond acceptors (Lipinski definition) is 2. The van der Waals surface area contributed by atoms with Gasteiger partial charge in [0, 0.05) is 0 Å². The summed E-state index contributed by atoms with van der Waals surface area (Å²) in [5.41, 5.74) is 1.21. The van der Waals surface area contributed by atoms with Crippen molar-refractivity contribution in [3.05, 3.63) is 23.5 Å². The second-order valence-corrected chi connectivity index (χ2v) is 20.1. The number of aliphatic hydroxyl groups is 1. The fourth-order valence-electron chi connectivity index (χ4n) is 1.68. The van der Waals surface area contributed by atoms with Gasteiger partial charge in [0.2, 0.25) is 0 Å². The predicted molar refractivity (Wildman–Crippen MR) is 67.2 cm³/mol. The Labute approximate surface area is 96.6 Å². The molecule has 0 fully saturated rings. The Bertz CT molecular complexity index is 361. The maximum absolute atomic E-state index is 9.86. The molecule has 0 aliphatic rings. The van der Waals surface area contributed by atoms with Gasteiger partial charge in [-0.3, -0.25) is 0 Å². The molecule has 15 heavy (non-hydrogen) atoms. The van der Waals surface area contributed by atoms with Crippen LogP contribution >= 0.6 is 0 Å². The molecule has 0 spiro atoms. The van der Waals surface area contributed by atoms with Gasteiger partial charge in [-0.2, -0.15) is 0 Å². The molecular formula is C12H21NOSn. The average molecular weight is 314 g/mol. The summed E-state index contributed by atoms with van der Waals surface area (Å²) in [5, 5.41) is 9.86. The SMILES string of the molecule is Cc1cc(C(C)(C)O)nc[c]1[Sn]([CH3])([CH3])[CH3]. The molecule has 1 heterocycles. The van der Waals surface area contributed by atoms with Gasteiger partial charge >= 0.3 is 96.8 Å². The van der Waals surface area contributed by atoms with Gasteiger partial charge in [-0.15, -0.1) is 0 Å². The zero-order valence-electron chi connectivity index (χ0n) is 10.5. The van der Waals surface area contributed by atoms with Crippen LogP contribution in [0.5, 0.6) is 0 Å². The third-order valence-electron chi connectivity index (χ3n) is 2.55. The van der Waals surface area contributed by atoms with Gasteiger partial charge in [0.25, 0.3) is 0 Å². The molecule has 1 aromatic rings. The van der Waals surface area contributed by atoms with Crippen LogP contribution in [0.4, 0.5) is 0 Å². The third-order valence-corrected chi connectivity index (χ3v) is 8.65. The van der Waals surface area contributed by atoms with E-state index in [9.17, 15) is 5.11 Å². The Hall–Kier alpha value is -0.0913. The molecule has 0 saturated heterocycles. The first-order chi connectivity index (χ1) is 6.62. The van der Waals surface area contributed by atoms with Gasteiger partial charge < -0.3 is 0 Å². The normalized spacial score (nSPS) is 13.0. The molecule has 0 atom stereocenters. The third kappa shape index (κ3) is 3.18. The van der Waals surface area contributed by atoms with Crippen molar-refractivity contribution < 1.29 is 5.11 Å². The zero-order chi connectivity index (χ0) is 11.9. The van der Waals surface area contributed by atoms with Gasteiger partial charge in [0.15, 0.2) is 0 Å². The fraction of sp³-hybridized carbons (Fsp3) is 0.583. The monoisotopic (exact) mass is 315 g/mol. The van der Waals surface area contributed by atoms with Crippen LogP contribution in [0, 0.1) is 6.92 Å². The molecule has 1 aromatic heterocycles. The van der Waals surface area contributed by atoms with E-state index in [4.69, 9.17) is 0 Å². The van der Waals surface area contributed by atoms with Crippen LogP contribution in [0.25, 0.3) is 0 Å². The summed E-state index contributed by atoms with van der Waals surface area (Å²) in [5.74, 6) is 0. The summed E-state index contributed by atoms with van der Waals surface area (Å²) in [6.07, 6.45) is 1.97. The van der Waals surface area contributed by atoms with Crippen molar-refractivity contribution in [1.82, 2.24) is 4.98 Å². The summed E-state index contributed by atoms with van der Waals surface area (Å²) in [7, 11) is 0. The first-order valence-corrected chi connectivity index (χ1v) is 15.3. The number of aromatic nitrogens is 1. The molecule has 0 aromatic carbocycles. The van der Waals surface area contributed by atoms with E-state index in [-0.39, 0.29) is 0 Å². The second-order valence-electron chi connectivity index (χ2n) is 5.69. The predicted octanol–water partition coefficient (Wildman–Crippen LogP) is 2.16. The van der Waals surface area contributed by atoms with E-state index in [0.717, 1.165) is 5.69 Å². The Morgan fingerprint density at radius 2 is 1.80 bits per heavy atom. The van der Waals surface area contributed by atoms with Crippen LogP contribution in [-0.4, -0.2) is 28.5 Å². The fourth-order valence-corrected chi connectivity index (χ4v) is 6.55. The van der Waals surface area contributed by atoms with Crippen molar-refractivity contribution in [2.75, 3.05) is 0 Å². The molecule has 0 bridgehead atoms. The number of rotatable bonds is 2. The van der Waals surface area contributed by atoms with Crippen molar-refractivity contribution in [2.24, 2.45) is 0 Å². The summed E-state index contributed by atoms with van der Waals surface area (Å²) in [6.45, 7) is 5.66. The average Bonchev–Trinajstić information content (AvgIpc) is 1.99. The van der Waals surface area contributed by atoms with Crippen molar-refractivity contribution in [3.63, 3.8) is 0 Å². The van der Waals surface area contributed by atoms with E-state index in [0.29, 0.717) is 0 Å². The van der Waals surface area contributed by atoms with Crippen LogP contribution < -0.4 is 3.58 Å². The molecule has 1 N–H and O–H groups in total. The van der Waals surface area contributed by atoms with Crippen LogP contribution in [0.1, 0.15) is 25.1 Å². The molecule has 2 nitrogen and oxygen atoms in total. The van der Waals surface area contributed by atoms with Gasteiger partial charge in [-0.05, 0) is 0 Å². The number of aryl methyl sites for hydroxylation is 1. The van der Waals surface area contributed by atoms with Crippen molar-refractivity contribution in [3.8, 4) is 0 Å². The van der Waals surface area contributed by atoms with E-state index in [1.54, 1.807) is 13.8 Å². The molecule has 0 aliphatic heterocycles. The van der Waals surface area contributed by atoms with Gasteiger partial charge in [-0.25, -0.2) is 0 Å². The van der Waals surface area contributed by atoms with Gasteiger partial charge in [-0.1, -0.05) is 0 Å². The standard InChI is InChI=1S/C9H12NO.3CH3.Sn/c1-7-4-5-10-8(6-7)9(2,3)11;;;;/h5-6,11H,1-3H3;3*1H3;. The van der Waals surface area contributed by atoms with Gasteiger partial charge in [0.1, 0.15) is 0 Å². The van der Waals surface area contributed by atoms with Crippen LogP contribution in [0.2, 0.25) is 14.8 Å². The van der Waals surface area contributed by atoms with Crippen LogP contribution in [0.15, 0.2) is 12.3 Å². The summed E-state index contributed by atoms with van der Waals surface area (Å²) < 4.78 is 1.44. The number of pyridine rings is 1. The van der Waals surface area contributed by atoms with Crippen molar-refractivity contribution in [2.45, 2.75) is 41.2 Å². The first-order valence-electron chi connectivity index (χ1n) is 5.32. The molecule has 0 unspecified atom stereocenters. The second kappa shape index (κ2) is 4.05. The van der Waals surface area contributed by atoms with Gasteiger partial charge in [0.05, 0.1) is 0 Å². The number of hydrogen-bond donors (Lipinski definition) is 1. The zero-order valence-corrected chi connectivity index (χ0v) is 13.4. The summed E-state index contributed by atoms with van der Waals surface area (Å²) >= 11 is -2.03. The molecule has 0 aliphatic carbocycles. The minimum absolute atomic E-state index is 0.763. The van der Waals surface area contributed by atoms with E-state index in [2.05, 4.69) is 26.7 Å². The Kier molecular flexibility index (Phi) is 3.51. The Morgan fingerprint density at radius 3 is 2.13 bits per heavy atom. The first kappa shape index (κ1) is 13.0. The van der Waals surface area contributed by atoms with Crippen molar-refractivity contribution in [1.29, 1.82) is 0 Å². The summed E-state index contributed by atoms with van der Waals surface area (Å²) in [6, 6.07) is 2.03. The minimum atomic E-state index is -2.03. The molecular weight excluding hydrogens is 293 g/mol. The summed E-state index contributed by atoms with van der Waals surface area (Å²) in [4.78, 5) is 11.5. The quantitative estimate of drug-likeness (QED) is 0.849. The van der Waals surface area contributed by atoms with Crippen LogP contribution in [0.3, 0.4) is 0 Å². The van der Waals surface area contributed by atoms with E-state index >= 15 is 0 Å². The van der Waals surface area contributed by atoms with E-state index in [1.165, 1.54) is 9.14 Å². The molecule has 0 amide bonds. The van der Waals surface area contributed by atoms with Crippen molar-refractivity contribution >= 4 is 22.0 Å². The molecule has 0 saturated carbocycles. The number of nitrogens with zero attached hydrogens (tertiary/aromatic N) is 1. The van der Waals surface area contributed by atoms with Crippen LogP contribution in [-0.2, 0) is 5.60 Å². The Morgan fingerprint density at radius 1 is 1.27 bits per heavy atom. The van der Waals surface area contributed by atoms with E-state index < -0.39 is 24.0 Å². The maximum atomic E-state index is 9.86. The molecule has 0 radical (unpaired) electrons.